The van der Waals surface area contributed by atoms with Gasteiger partial charge in [-0.25, -0.2) is 14.3 Å². The molecule has 10 heteroatoms. The molecule has 0 aliphatic rings. The summed E-state index contributed by atoms with van der Waals surface area (Å²) in [5.41, 5.74) is -0.627. The van der Waals surface area contributed by atoms with Gasteiger partial charge in [0, 0.05) is 0 Å². The largest absolute Gasteiger partial charge is 0.506 e. The Kier molecular flexibility index (Phi) is 4.75. The summed E-state index contributed by atoms with van der Waals surface area (Å²) < 4.78 is 30.8. The Balaban J connectivity index is 2.94. The molecule has 0 aromatic heterocycles. The lowest BCUT2D eigenvalue weighted by molar-refractivity contribution is 0.0696. The predicted molar refractivity (Wildman–Crippen MR) is 67.8 cm³/mol. The van der Waals surface area contributed by atoms with Crippen LogP contribution in [-0.4, -0.2) is 37.3 Å². The van der Waals surface area contributed by atoms with Crippen LogP contribution in [0.3, 0.4) is 0 Å². The fraction of sp³-hybridized carbons (Fsp3) is 0.200. The Labute approximate surface area is 114 Å². The van der Waals surface area contributed by atoms with Crippen molar-refractivity contribution in [3.8, 4) is 5.75 Å². The normalized spacial score (nSPS) is 10.7. The van der Waals surface area contributed by atoms with Crippen LogP contribution in [0, 0.1) is 0 Å². The monoisotopic (exact) mass is 304 g/mol. The Bertz CT molecular complexity index is 626. The lowest BCUT2D eigenvalue weighted by Gasteiger charge is -2.10. The third kappa shape index (κ3) is 4.31. The molecule has 1 aromatic carbocycles. The quantitative estimate of drug-likeness (QED) is 0.580. The Morgan fingerprint density at radius 3 is 2.55 bits per heavy atom. The van der Waals surface area contributed by atoms with Gasteiger partial charge in [-0.2, -0.15) is 8.42 Å². The molecule has 0 atom stereocenters. The molecule has 1 rings (SSSR count). The molecule has 0 unspecified atom stereocenters. The molecule has 1 aromatic rings. The summed E-state index contributed by atoms with van der Waals surface area (Å²) in [5, 5.41) is 18.2. The van der Waals surface area contributed by atoms with Gasteiger partial charge in [-0.05, 0) is 25.1 Å². The minimum Gasteiger partial charge on any atom is -0.506 e. The summed E-state index contributed by atoms with van der Waals surface area (Å²) in [4.78, 5) is 21.7. The molecule has 0 fully saturated rings. The SMILES string of the molecule is CCOC(=O)NS(=O)(=O)Nc1cc(C(=O)O)ccc1O. The number of ether oxygens (including phenoxy) is 1. The van der Waals surface area contributed by atoms with Gasteiger partial charge in [0.15, 0.2) is 0 Å². The summed E-state index contributed by atoms with van der Waals surface area (Å²) >= 11 is 0. The summed E-state index contributed by atoms with van der Waals surface area (Å²) in [6, 6.07) is 3.00. The number of carbonyl (C=O) groups excluding carboxylic acids is 1. The molecular weight excluding hydrogens is 292 g/mol. The van der Waals surface area contributed by atoms with E-state index in [-0.39, 0.29) is 17.9 Å². The topological polar surface area (TPSA) is 142 Å². The third-order valence-electron chi connectivity index (χ3n) is 1.98. The lowest BCUT2D eigenvalue weighted by atomic mass is 10.2. The number of phenols is 1. The summed E-state index contributed by atoms with van der Waals surface area (Å²) in [7, 11) is -4.35. The van der Waals surface area contributed by atoms with Gasteiger partial charge in [0.25, 0.3) is 0 Å². The minimum absolute atomic E-state index is 0.0267. The first-order valence-electron chi connectivity index (χ1n) is 5.28. The molecule has 0 saturated heterocycles. The second-order valence-electron chi connectivity index (χ2n) is 3.47. The lowest BCUT2D eigenvalue weighted by Crippen LogP contribution is -2.35. The molecule has 0 saturated carbocycles. The molecule has 20 heavy (non-hydrogen) atoms. The van der Waals surface area contributed by atoms with Crippen LogP contribution < -0.4 is 9.44 Å². The number of rotatable bonds is 5. The highest BCUT2D eigenvalue weighted by Crippen LogP contribution is 2.24. The standard InChI is InChI=1S/C10H12N2O7S/c1-2-19-10(16)12-20(17,18)11-7-5-6(9(14)15)3-4-8(7)13/h3-5,11,13H,2H2,1H3,(H,12,16)(H,14,15). The highest BCUT2D eigenvalue weighted by atomic mass is 32.2. The molecular formula is C10H12N2O7S. The Morgan fingerprint density at radius 1 is 1.35 bits per heavy atom. The van der Waals surface area contributed by atoms with Crippen LogP contribution in [0.25, 0.3) is 0 Å². The molecule has 9 nitrogen and oxygen atoms in total. The number of carboxylic acid groups (broad SMARTS) is 1. The Morgan fingerprint density at radius 2 is 2.00 bits per heavy atom. The zero-order chi connectivity index (χ0) is 15.3. The van der Waals surface area contributed by atoms with Gasteiger partial charge < -0.3 is 14.9 Å². The van der Waals surface area contributed by atoms with Crippen molar-refractivity contribution in [2.24, 2.45) is 0 Å². The summed E-state index contributed by atoms with van der Waals surface area (Å²) in [6.45, 7) is 1.46. The van der Waals surface area contributed by atoms with E-state index in [0.717, 1.165) is 18.2 Å². The molecule has 0 bridgehead atoms. The van der Waals surface area contributed by atoms with E-state index in [9.17, 15) is 23.1 Å². The molecule has 0 heterocycles. The number of carbonyl (C=O) groups is 2. The summed E-state index contributed by atoms with van der Waals surface area (Å²) in [6.07, 6.45) is -1.20. The first-order chi connectivity index (χ1) is 9.25. The fourth-order valence-corrected chi connectivity index (χ4v) is 1.97. The van der Waals surface area contributed by atoms with Crippen molar-refractivity contribution in [3.63, 3.8) is 0 Å². The minimum atomic E-state index is -4.35. The molecule has 0 aliphatic carbocycles. The van der Waals surface area contributed by atoms with Crippen molar-refractivity contribution < 1.29 is 33.0 Å². The maximum absolute atomic E-state index is 11.5. The average Bonchev–Trinajstić information content (AvgIpc) is 2.30. The van der Waals surface area contributed by atoms with Crippen LogP contribution in [0.4, 0.5) is 10.5 Å². The molecule has 0 aliphatic heterocycles. The van der Waals surface area contributed by atoms with Crippen LogP contribution in [0.5, 0.6) is 5.75 Å². The molecule has 4 N–H and O–H groups in total. The number of nitrogens with one attached hydrogen (secondary N) is 2. The average molecular weight is 304 g/mol. The van der Waals surface area contributed by atoms with Crippen molar-refractivity contribution >= 4 is 28.0 Å². The van der Waals surface area contributed by atoms with E-state index in [1.807, 2.05) is 4.72 Å². The molecule has 0 radical (unpaired) electrons. The molecule has 0 spiro atoms. The van der Waals surface area contributed by atoms with Gasteiger partial charge >= 0.3 is 22.3 Å². The predicted octanol–water partition coefficient (Wildman–Crippen LogP) is 0.493. The highest BCUT2D eigenvalue weighted by molar-refractivity contribution is 7.91. The zero-order valence-electron chi connectivity index (χ0n) is 10.3. The maximum atomic E-state index is 11.5. The van der Waals surface area contributed by atoms with Crippen LogP contribution in [0.2, 0.25) is 0 Å². The van der Waals surface area contributed by atoms with Crippen LogP contribution >= 0.6 is 0 Å². The van der Waals surface area contributed by atoms with E-state index in [1.54, 1.807) is 0 Å². The van der Waals surface area contributed by atoms with Gasteiger partial charge in [0.1, 0.15) is 5.75 Å². The van der Waals surface area contributed by atoms with Crippen LogP contribution in [-0.2, 0) is 14.9 Å². The third-order valence-corrected chi connectivity index (χ3v) is 2.90. The van der Waals surface area contributed by atoms with Gasteiger partial charge in [-0.15, -0.1) is 0 Å². The van der Waals surface area contributed by atoms with Crippen molar-refractivity contribution in [1.82, 2.24) is 4.72 Å². The number of carboxylic acids is 1. The van der Waals surface area contributed by atoms with Gasteiger partial charge in [0.05, 0.1) is 17.9 Å². The first-order valence-corrected chi connectivity index (χ1v) is 6.77. The molecule has 1 amide bonds. The van der Waals surface area contributed by atoms with Gasteiger partial charge in [0.2, 0.25) is 0 Å². The van der Waals surface area contributed by atoms with Crippen molar-refractivity contribution in [3.05, 3.63) is 23.8 Å². The van der Waals surface area contributed by atoms with Crippen LogP contribution in [0.1, 0.15) is 17.3 Å². The van der Waals surface area contributed by atoms with E-state index in [1.165, 1.54) is 11.6 Å². The van der Waals surface area contributed by atoms with Crippen molar-refractivity contribution in [2.75, 3.05) is 11.3 Å². The number of hydrogen-bond donors (Lipinski definition) is 4. The number of hydrogen-bond acceptors (Lipinski definition) is 6. The fourth-order valence-electron chi connectivity index (χ4n) is 1.19. The molecule has 110 valence electrons. The van der Waals surface area contributed by atoms with Crippen molar-refractivity contribution in [1.29, 1.82) is 0 Å². The smallest absolute Gasteiger partial charge is 0.422 e. The number of phenolic OH excluding ortho intramolecular Hbond substituents is 1. The van der Waals surface area contributed by atoms with Gasteiger partial charge in [-0.1, -0.05) is 0 Å². The summed E-state index contributed by atoms with van der Waals surface area (Å²) in [5.74, 6) is -1.80. The maximum Gasteiger partial charge on any atom is 0.422 e. The van der Waals surface area contributed by atoms with E-state index >= 15 is 0 Å². The number of benzene rings is 1. The number of anilines is 1. The number of amides is 1. The van der Waals surface area contributed by atoms with E-state index in [4.69, 9.17) is 5.11 Å². The second-order valence-corrected chi connectivity index (χ2v) is 4.88. The van der Waals surface area contributed by atoms with E-state index < -0.39 is 28.0 Å². The van der Waals surface area contributed by atoms with E-state index in [0.29, 0.717) is 0 Å². The van der Waals surface area contributed by atoms with Gasteiger partial charge in [-0.3, -0.25) is 4.72 Å². The van der Waals surface area contributed by atoms with Crippen molar-refractivity contribution in [2.45, 2.75) is 6.92 Å². The van der Waals surface area contributed by atoms with E-state index in [2.05, 4.69) is 4.74 Å². The zero-order valence-corrected chi connectivity index (χ0v) is 11.1. The number of aromatic hydroxyl groups is 1. The highest BCUT2D eigenvalue weighted by Gasteiger charge is 2.18. The van der Waals surface area contributed by atoms with Crippen LogP contribution in [0.15, 0.2) is 18.2 Å². The number of aromatic carboxylic acids is 1. The second kappa shape index (κ2) is 6.10. The Hall–Kier alpha value is -2.49. The first kappa shape index (κ1) is 15.6.